The Bertz CT molecular complexity index is 1710. The van der Waals surface area contributed by atoms with Crippen LogP contribution in [-0.4, -0.2) is 31.1 Å². The number of para-hydroxylation sites is 1. The fraction of sp³-hybridized carbons (Fsp3) is 0.115. The fourth-order valence-corrected chi connectivity index (χ4v) is 5.20. The molecule has 3 N–H and O–H groups in total. The van der Waals surface area contributed by atoms with Crippen LogP contribution in [-0.2, 0) is 16.5 Å². The summed E-state index contributed by atoms with van der Waals surface area (Å²) in [6.45, 7) is 1.70. The molecule has 4 rings (SSSR count). The number of nitrogens with zero attached hydrogens (tertiary/aromatic N) is 2. The van der Waals surface area contributed by atoms with Crippen molar-refractivity contribution in [2.75, 3.05) is 12.4 Å². The number of phenols is 1. The van der Waals surface area contributed by atoms with E-state index in [2.05, 4.69) is 15.5 Å². The SMILES string of the molecule is CCc1cc(N=Nc2c(O)c(C(=O)Nc3cccc(Cl)c3OC)cc3ccccc23)c(Cl)cc1S(=O)(=O)O. The molecule has 0 unspecified atom stereocenters. The van der Waals surface area contributed by atoms with Gasteiger partial charge in [-0.1, -0.05) is 60.5 Å². The number of fused-ring (bicyclic) bond motifs is 1. The summed E-state index contributed by atoms with van der Waals surface area (Å²) in [5.41, 5.74) is 0.612. The summed E-state index contributed by atoms with van der Waals surface area (Å²) in [5.74, 6) is -0.821. The maximum absolute atomic E-state index is 13.2. The molecule has 0 spiro atoms. The molecule has 0 aliphatic rings. The number of halogens is 2. The minimum Gasteiger partial charge on any atom is -0.505 e. The van der Waals surface area contributed by atoms with Crippen LogP contribution in [0.25, 0.3) is 10.8 Å². The van der Waals surface area contributed by atoms with E-state index in [9.17, 15) is 22.9 Å². The van der Waals surface area contributed by atoms with Crippen LogP contribution in [0.1, 0.15) is 22.8 Å². The first-order chi connectivity index (χ1) is 18.0. The van der Waals surface area contributed by atoms with E-state index in [0.29, 0.717) is 21.5 Å². The Morgan fingerprint density at radius 2 is 1.76 bits per heavy atom. The molecule has 4 aromatic rings. The number of hydrogen-bond acceptors (Lipinski definition) is 7. The van der Waals surface area contributed by atoms with Gasteiger partial charge in [-0.05, 0) is 47.7 Å². The largest absolute Gasteiger partial charge is 0.505 e. The van der Waals surface area contributed by atoms with Crippen molar-refractivity contribution < 1.29 is 27.6 Å². The highest BCUT2D eigenvalue weighted by atomic mass is 35.5. The van der Waals surface area contributed by atoms with Crippen molar-refractivity contribution in [3.05, 3.63) is 81.8 Å². The number of benzene rings is 4. The first kappa shape index (κ1) is 27.3. The van der Waals surface area contributed by atoms with E-state index in [4.69, 9.17) is 27.9 Å². The van der Waals surface area contributed by atoms with E-state index in [-0.39, 0.29) is 44.6 Å². The molecular formula is C26H21Cl2N3O6S. The average Bonchev–Trinajstić information content (AvgIpc) is 2.88. The van der Waals surface area contributed by atoms with Gasteiger partial charge in [0.15, 0.2) is 11.5 Å². The van der Waals surface area contributed by atoms with Gasteiger partial charge in [-0.25, -0.2) is 0 Å². The third-order valence-electron chi connectivity index (χ3n) is 5.71. The number of phenolic OH excluding ortho intramolecular Hbond substituents is 1. The van der Waals surface area contributed by atoms with Gasteiger partial charge in [0.25, 0.3) is 16.0 Å². The lowest BCUT2D eigenvalue weighted by molar-refractivity contribution is 0.102. The van der Waals surface area contributed by atoms with Gasteiger partial charge < -0.3 is 15.2 Å². The molecule has 0 aliphatic carbocycles. The Labute approximate surface area is 228 Å². The summed E-state index contributed by atoms with van der Waals surface area (Å²) in [7, 11) is -3.08. The highest BCUT2D eigenvalue weighted by molar-refractivity contribution is 7.85. The van der Waals surface area contributed by atoms with Crippen molar-refractivity contribution in [2.24, 2.45) is 10.2 Å². The lowest BCUT2D eigenvalue weighted by Crippen LogP contribution is -2.13. The molecule has 0 heterocycles. The monoisotopic (exact) mass is 573 g/mol. The third-order valence-corrected chi connectivity index (χ3v) is 7.24. The van der Waals surface area contributed by atoms with Crippen LogP contribution in [0, 0.1) is 0 Å². The molecule has 1 amide bonds. The number of rotatable bonds is 7. The molecule has 9 nitrogen and oxygen atoms in total. The predicted molar refractivity (Wildman–Crippen MR) is 146 cm³/mol. The molecule has 196 valence electrons. The maximum atomic E-state index is 13.2. The van der Waals surface area contributed by atoms with Crippen LogP contribution in [0.4, 0.5) is 17.1 Å². The molecule has 0 aliphatic heterocycles. The number of aromatic hydroxyl groups is 1. The highest BCUT2D eigenvalue weighted by Gasteiger charge is 2.21. The number of amides is 1. The molecule has 0 atom stereocenters. The summed E-state index contributed by atoms with van der Waals surface area (Å²) < 4.78 is 38.2. The zero-order valence-corrected chi connectivity index (χ0v) is 22.4. The Balaban J connectivity index is 1.81. The second-order valence-corrected chi connectivity index (χ2v) is 10.3. The van der Waals surface area contributed by atoms with E-state index >= 15 is 0 Å². The number of methoxy groups -OCH3 is 1. The minimum atomic E-state index is -4.49. The first-order valence-corrected chi connectivity index (χ1v) is 13.3. The van der Waals surface area contributed by atoms with Gasteiger partial charge in [0.2, 0.25) is 0 Å². The predicted octanol–water partition coefficient (Wildman–Crippen LogP) is 7.34. The number of ether oxygens (including phenoxy) is 1. The van der Waals surface area contributed by atoms with Crippen molar-refractivity contribution in [3.8, 4) is 11.5 Å². The number of carbonyl (C=O) groups excluding carboxylic acids is 1. The fourth-order valence-electron chi connectivity index (χ4n) is 3.88. The molecular weight excluding hydrogens is 553 g/mol. The number of hydrogen-bond donors (Lipinski definition) is 3. The molecule has 0 radical (unpaired) electrons. The second kappa shape index (κ2) is 11.0. The van der Waals surface area contributed by atoms with Gasteiger partial charge in [0, 0.05) is 5.39 Å². The molecule has 0 fully saturated rings. The lowest BCUT2D eigenvalue weighted by atomic mass is 10.0. The molecule has 4 aromatic carbocycles. The van der Waals surface area contributed by atoms with Gasteiger partial charge >= 0.3 is 0 Å². The highest BCUT2D eigenvalue weighted by Crippen LogP contribution is 2.41. The molecule has 0 saturated carbocycles. The summed E-state index contributed by atoms with van der Waals surface area (Å²) in [4.78, 5) is 12.9. The lowest BCUT2D eigenvalue weighted by Gasteiger charge is -2.14. The van der Waals surface area contributed by atoms with E-state index < -0.39 is 21.8 Å². The van der Waals surface area contributed by atoms with Crippen molar-refractivity contribution in [1.82, 2.24) is 0 Å². The van der Waals surface area contributed by atoms with Crippen molar-refractivity contribution in [2.45, 2.75) is 18.2 Å². The van der Waals surface area contributed by atoms with Crippen LogP contribution in [0.15, 0.2) is 75.8 Å². The maximum Gasteiger partial charge on any atom is 0.294 e. The first-order valence-electron chi connectivity index (χ1n) is 11.1. The van der Waals surface area contributed by atoms with Gasteiger partial charge in [-0.2, -0.15) is 8.42 Å². The quantitative estimate of drug-likeness (QED) is 0.156. The Hall–Kier alpha value is -3.70. The van der Waals surface area contributed by atoms with E-state index in [1.807, 2.05) is 0 Å². The van der Waals surface area contributed by atoms with Gasteiger partial charge in [-0.3, -0.25) is 9.35 Å². The smallest absolute Gasteiger partial charge is 0.294 e. The van der Waals surface area contributed by atoms with Crippen LogP contribution in [0.3, 0.4) is 0 Å². The molecule has 0 bridgehead atoms. The van der Waals surface area contributed by atoms with E-state index in [1.165, 1.54) is 19.2 Å². The number of anilines is 1. The zero-order chi connectivity index (χ0) is 27.6. The number of carbonyl (C=O) groups is 1. The Kier molecular flexibility index (Phi) is 7.89. The molecule has 38 heavy (non-hydrogen) atoms. The van der Waals surface area contributed by atoms with Crippen molar-refractivity contribution >= 4 is 67.1 Å². The van der Waals surface area contributed by atoms with Gasteiger partial charge in [-0.15, -0.1) is 10.2 Å². The topological polar surface area (TPSA) is 138 Å². The summed E-state index contributed by atoms with van der Waals surface area (Å²) in [5, 5.41) is 23.4. The standard InChI is InChI=1S/C26H21Cl2N3O6S/c1-3-14-12-21(19(28)13-22(14)38(34,35)36)30-31-23-16-8-5-4-7-15(16)11-17(24(23)32)26(33)29-20-10-6-9-18(27)25(20)37-2/h4-13,32H,3H2,1-2H3,(H,29,33)(H,34,35,36). The van der Waals surface area contributed by atoms with Gasteiger partial charge in [0.1, 0.15) is 11.4 Å². The zero-order valence-electron chi connectivity index (χ0n) is 20.1. The third kappa shape index (κ3) is 5.44. The molecule has 12 heteroatoms. The number of nitrogens with one attached hydrogen (secondary N) is 1. The van der Waals surface area contributed by atoms with E-state index in [1.54, 1.807) is 49.4 Å². The van der Waals surface area contributed by atoms with Crippen molar-refractivity contribution in [3.63, 3.8) is 0 Å². The summed E-state index contributed by atoms with van der Waals surface area (Å²) in [6, 6.07) is 15.8. The van der Waals surface area contributed by atoms with E-state index in [0.717, 1.165) is 6.07 Å². The van der Waals surface area contributed by atoms with Gasteiger partial charge in [0.05, 0.1) is 33.3 Å². The van der Waals surface area contributed by atoms with Crippen molar-refractivity contribution in [1.29, 1.82) is 0 Å². The Morgan fingerprint density at radius 3 is 2.45 bits per heavy atom. The molecule has 0 saturated heterocycles. The second-order valence-electron chi connectivity index (χ2n) is 8.06. The number of aryl methyl sites for hydroxylation is 1. The Morgan fingerprint density at radius 1 is 1.03 bits per heavy atom. The summed E-state index contributed by atoms with van der Waals surface area (Å²) >= 11 is 12.4. The molecule has 0 aromatic heterocycles. The summed E-state index contributed by atoms with van der Waals surface area (Å²) in [6.07, 6.45) is 0.269. The van der Waals surface area contributed by atoms with Crippen LogP contribution in [0.2, 0.25) is 10.0 Å². The number of azo groups is 1. The van der Waals surface area contributed by atoms with Crippen LogP contribution in [0.5, 0.6) is 11.5 Å². The average molecular weight is 574 g/mol. The minimum absolute atomic E-state index is 0.000666. The normalized spacial score (nSPS) is 11.7. The van der Waals surface area contributed by atoms with Crippen LogP contribution < -0.4 is 10.1 Å². The van der Waals surface area contributed by atoms with Crippen LogP contribution >= 0.6 is 23.2 Å².